The molecule has 0 spiro atoms. The van der Waals surface area contributed by atoms with Crippen LogP contribution in [0, 0.1) is 6.92 Å². The van der Waals surface area contributed by atoms with Gasteiger partial charge in [-0.1, -0.05) is 12.8 Å². The molecule has 2 N–H and O–H groups in total. The fraction of sp³-hybridized carbons (Fsp3) is 0.500. The van der Waals surface area contributed by atoms with E-state index in [1.165, 1.54) is 24.6 Å². The zero-order valence-corrected chi connectivity index (χ0v) is 11.6. The maximum Gasteiger partial charge on any atom is 0.215 e. The summed E-state index contributed by atoms with van der Waals surface area (Å²) in [5.74, 6) is 0. The molecule has 0 radical (unpaired) electrons. The molecule has 0 aliphatic heterocycles. The van der Waals surface area contributed by atoms with Gasteiger partial charge in [0.1, 0.15) is 5.03 Å². The van der Waals surface area contributed by atoms with Gasteiger partial charge in [-0.3, -0.25) is 0 Å². The van der Waals surface area contributed by atoms with Crippen molar-refractivity contribution in [1.82, 2.24) is 25.2 Å². The third kappa shape index (κ3) is 2.42. The molecule has 1 saturated carbocycles. The van der Waals surface area contributed by atoms with Gasteiger partial charge in [-0.2, -0.15) is 0 Å². The molecule has 100 valence electrons. The zero-order chi connectivity index (χ0) is 13.2. The van der Waals surface area contributed by atoms with Crippen molar-refractivity contribution < 1.29 is 0 Å². The standard InChI is InChI=1S/C12H16N6S/c1-8-6-7-14-11(10(8)13)19-12-15-16-17-18(12)9-4-2-3-5-9/h6-7,9H,2-5,13H2,1H3. The van der Waals surface area contributed by atoms with Gasteiger partial charge >= 0.3 is 0 Å². The van der Waals surface area contributed by atoms with Crippen LogP contribution in [0.5, 0.6) is 0 Å². The minimum absolute atomic E-state index is 0.420. The zero-order valence-electron chi connectivity index (χ0n) is 10.8. The van der Waals surface area contributed by atoms with Crippen LogP contribution in [0.25, 0.3) is 0 Å². The number of nitrogens with two attached hydrogens (primary N) is 1. The summed E-state index contributed by atoms with van der Waals surface area (Å²) < 4.78 is 1.92. The molecule has 2 heterocycles. The van der Waals surface area contributed by atoms with E-state index in [-0.39, 0.29) is 0 Å². The summed E-state index contributed by atoms with van der Waals surface area (Å²) in [6.07, 6.45) is 6.56. The van der Waals surface area contributed by atoms with E-state index in [2.05, 4.69) is 20.5 Å². The van der Waals surface area contributed by atoms with Crippen LogP contribution in [0.4, 0.5) is 5.69 Å². The summed E-state index contributed by atoms with van der Waals surface area (Å²) in [5.41, 5.74) is 7.77. The molecule has 2 aromatic rings. The molecule has 0 unspecified atom stereocenters. The number of aromatic nitrogens is 5. The summed E-state index contributed by atoms with van der Waals surface area (Å²) in [6, 6.07) is 2.32. The van der Waals surface area contributed by atoms with E-state index in [0.717, 1.165) is 28.6 Å². The van der Waals surface area contributed by atoms with Gasteiger partial charge in [0.15, 0.2) is 0 Å². The fourth-order valence-corrected chi connectivity index (χ4v) is 3.26. The SMILES string of the molecule is Cc1ccnc(Sc2nnnn2C2CCCC2)c1N. The largest absolute Gasteiger partial charge is 0.396 e. The minimum Gasteiger partial charge on any atom is -0.396 e. The van der Waals surface area contributed by atoms with Crippen LogP contribution in [0.15, 0.2) is 22.4 Å². The minimum atomic E-state index is 0.420. The smallest absolute Gasteiger partial charge is 0.215 e. The van der Waals surface area contributed by atoms with E-state index in [9.17, 15) is 0 Å². The highest BCUT2D eigenvalue weighted by atomic mass is 32.2. The third-order valence-electron chi connectivity index (χ3n) is 3.49. The van der Waals surface area contributed by atoms with E-state index in [0.29, 0.717) is 11.7 Å². The van der Waals surface area contributed by atoms with E-state index >= 15 is 0 Å². The molecule has 0 atom stereocenters. The van der Waals surface area contributed by atoms with E-state index in [1.807, 2.05) is 17.7 Å². The highest BCUT2D eigenvalue weighted by Crippen LogP contribution is 2.35. The van der Waals surface area contributed by atoms with Gasteiger partial charge in [0.25, 0.3) is 0 Å². The molecular weight excluding hydrogens is 260 g/mol. The van der Waals surface area contributed by atoms with Gasteiger partial charge in [-0.15, -0.1) is 5.10 Å². The Labute approximate surface area is 115 Å². The maximum atomic E-state index is 6.04. The Morgan fingerprint density at radius 3 is 2.95 bits per heavy atom. The van der Waals surface area contributed by atoms with Crippen LogP contribution < -0.4 is 5.73 Å². The number of anilines is 1. The van der Waals surface area contributed by atoms with Crippen molar-refractivity contribution in [2.45, 2.75) is 48.8 Å². The molecule has 6 nitrogen and oxygen atoms in total. The third-order valence-corrected chi connectivity index (χ3v) is 4.46. The molecule has 2 aromatic heterocycles. The quantitative estimate of drug-likeness (QED) is 0.925. The van der Waals surface area contributed by atoms with Gasteiger partial charge in [0, 0.05) is 6.20 Å². The maximum absolute atomic E-state index is 6.04. The first kappa shape index (κ1) is 12.4. The number of rotatable bonds is 3. The monoisotopic (exact) mass is 276 g/mol. The van der Waals surface area contributed by atoms with Crippen molar-refractivity contribution in [3.8, 4) is 0 Å². The Kier molecular flexibility index (Phi) is 3.37. The number of hydrogen-bond donors (Lipinski definition) is 1. The predicted octanol–water partition coefficient (Wildman–Crippen LogP) is 2.23. The molecule has 0 bridgehead atoms. The molecule has 1 aliphatic rings. The predicted molar refractivity (Wildman–Crippen MR) is 72.8 cm³/mol. The number of tetrazole rings is 1. The van der Waals surface area contributed by atoms with Crippen LogP contribution in [0.3, 0.4) is 0 Å². The van der Waals surface area contributed by atoms with Crippen molar-refractivity contribution in [2.75, 3.05) is 5.73 Å². The van der Waals surface area contributed by atoms with Crippen LogP contribution in [0.2, 0.25) is 0 Å². The van der Waals surface area contributed by atoms with Crippen LogP contribution in [-0.2, 0) is 0 Å². The van der Waals surface area contributed by atoms with Crippen molar-refractivity contribution in [2.24, 2.45) is 0 Å². The summed E-state index contributed by atoms with van der Waals surface area (Å²) in [4.78, 5) is 4.31. The average Bonchev–Trinajstić information content (AvgIpc) is 3.05. The first-order chi connectivity index (χ1) is 9.25. The van der Waals surface area contributed by atoms with Gasteiger partial charge in [-0.25, -0.2) is 9.67 Å². The van der Waals surface area contributed by atoms with Crippen LogP contribution >= 0.6 is 11.8 Å². The second-order valence-corrected chi connectivity index (χ2v) is 5.75. The van der Waals surface area contributed by atoms with E-state index in [4.69, 9.17) is 5.73 Å². The first-order valence-electron chi connectivity index (χ1n) is 6.42. The highest BCUT2D eigenvalue weighted by molar-refractivity contribution is 7.99. The lowest BCUT2D eigenvalue weighted by atomic mass is 10.3. The van der Waals surface area contributed by atoms with Crippen molar-refractivity contribution in [3.63, 3.8) is 0 Å². The molecule has 19 heavy (non-hydrogen) atoms. The molecule has 1 fully saturated rings. The fourth-order valence-electron chi connectivity index (χ4n) is 2.34. The Morgan fingerprint density at radius 1 is 1.37 bits per heavy atom. The second kappa shape index (κ2) is 5.16. The average molecular weight is 276 g/mol. The lowest BCUT2D eigenvalue weighted by Gasteiger charge is -2.11. The number of aryl methyl sites for hydroxylation is 1. The molecule has 3 rings (SSSR count). The lowest BCUT2D eigenvalue weighted by Crippen LogP contribution is -2.08. The van der Waals surface area contributed by atoms with Crippen LogP contribution in [0.1, 0.15) is 37.3 Å². The Morgan fingerprint density at radius 2 is 2.16 bits per heavy atom. The summed E-state index contributed by atoms with van der Waals surface area (Å²) in [6.45, 7) is 1.97. The molecule has 7 heteroatoms. The summed E-state index contributed by atoms with van der Waals surface area (Å²) >= 11 is 1.44. The number of nitrogens with zero attached hydrogens (tertiary/aromatic N) is 5. The van der Waals surface area contributed by atoms with Gasteiger partial charge in [0.05, 0.1) is 11.7 Å². The first-order valence-corrected chi connectivity index (χ1v) is 7.24. The Bertz CT molecular complexity index is 575. The summed E-state index contributed by atoms with van der Waals surface area (Å²) in [7, 11) is 0. The Balaban J connectivity index is 1.87. The molecular formula is C12H16N6S. The van der Waals surface area contributed by atoms with Gasteiger partial charge < -0.3 is 5.73 Å². The summed E-state index contributed by atoms with van der Waals surface area (Å²) in [5, 5.41) is 13.5. The van der Waals surface area contributed by atoms with Gasteiger partial charge in [0.2, 0.25) is 5.16 Å². The highest BCUT2D eigenvalue weighted by Gasteiger charge is 2.22. The number of pyridine rings is 1. The molecule has 0 amide bonds. The molecule has 1 aliphatic carbocycles. The van der Waals surface area contributed by atoms with Gasteiger partial charge in [-0.05, 0) is 53.6 Å². The van der Waals surface area contributed by atoms with Crippen molar-refractivity contribution in [3.05, 3.63) is 17.8 Å². The molecule has 0 saturated heterocycles. The lowest BCUT2D eigenvalue weighted by molar-refractivity contribution is 0.423. The Hall–Kier alpha value is -1.63. The molecule has 0 aromatic carbocycles. The van der Waals surface area contributed by atoms with E-state index < -0.39 is 0 Å². The van der Waals surface area contributed by atoms with Crippen molar-refractivity contribution in [1.29, 1.82) is 0 Å². The number of nitrogen functional groups attached to an aromatic ring is 1. The van der Waals surface area contributed by atoms with Crippen LogP contribution in [-0.4, -0.2) is 25.2 Å². The van der Waals surface area contributed by atoms with E-state index in [1.54, 1.807) is 6.20 Å². The normalized spacial score (nSPS) is 16.1. The number of hydrogen-bond acceptors (Lipinski definition) is 6. The second-order valence-electron chi connectivity index (χ2n) is 4.79. The van der Waals surface area contributed by atoms with Crippen molar-refractivity contribution >= 4 is 17.4 Å². The topological polar surface area (TPSA) is 82.5 Å².